The molecule has 0 aliphatic carbocycles. The van der Waals surface area contributed by atoms with Gasteiger partial charge >= 0.3 is 12.1 Å². The van der Waals surface area contributed by atoms with Gasteiger partial charge in [-0.1, -0.05) is 60.7 Å². The molecular weight excluding hydrogens is 559 g/mol. The van der Waals surface area contributed by atoms with Gasteiger partial charge in [0.1, 0.15) is 40.6 Å². The molecule has 2 heterocycles. The fourth-order valence-electron chi connectivity index (χ4n) is 4.90. The van der Waals surface area contributed by atoms with Crippen LogP contribution in [0.4, 0.5) is 9.18 Å². The molecule has 0 radical (unpaired) electrons. The van der Waals surface area contributed by atoms with Crippen LogP contribution >= 0.6 is 11.8 Å². The van der Waals surface area contributed by atoms with Crippen molar-refractivity contribution in [2.75, 3.05) is 18.9 Å². The van der Waals surface area contributed by atoms with Crippen molar-refractivity contribution in [3.8, 4) is 5.75 Å². The topological polar surface area (TPSA) is 94.2 Å². The predicted octanol–water partition coefficient (Wildman–Crippen LogP) is 5.33. The number of β-lactam (4-membered cyclic amide) rings is 1. The maximum atomic E-state index is 14.1. The quantitative estimate of drug-likeness (QED) is 0.279. The summed E-state index contributed by atoms with van der Waals surface area (Å²) < 4.78 is 31.1. The summed E-state index contributed by atoms with van der Waals surface area (Å²) >= 11 is 1.37. The Morgan fingerprint density at radius 2 is 1.60 bits per heavy atom. The van der Waals surface area contributed by atoms with Gasteiger partial charge in [-0.15, -0.1) is 11.8 Å². The number of nitrogens with zero attached hydrogens (tertiary/aromatic N) is 1. The highest BCUT2D eigenvalue weighted by Gasteiger charge is 2.58. The van der Waals surface area contributed by atoms with Gasteiger partial charge in [0.25, 0.3) is 0 Å². The van der Waals surface area contributed by atoms with E-state index in [-0.39, 0.29) is 30.2 Å². The van der Waals surface area contributed by atoms with Crippen LogP contribution in [0.15, 0.2) is 84.9 Å². The molecule has 2 aliphatic rings. The summed E-state index contributed by atoms with van der Waals surface area (Å²) in [5, 5.41) is 2.30. The summed E-state index contributed by atoms with van der Waals surface area (Å²) in [6, 6.07) is 23.6. The van der Waals surface area contributed by atoms with Gasteiger partial charge in [-0.2, -0.15) is 0 Å². The zero-order valence-corrected chi connectivity index (χ0v) is 24.4. The van der Waals surface area contributed by atoms with E-state index in [1.807, 2.05) is 60.7 Å². The van der Waals surface area contributed by atoms with Crippen LogP contribution in [0.2, 0.25) is 0 Å². The fraction of sp³-hybridized carbons (Fsp3) is 0.344. The van der Waals surface area contributed by atoms with Crippen LogP contribution in [0.5, 0.6) is 5.75 Å². The highest BCUT2D eigenvalue weighted by atomic mass is 32.2. The monoisotopic (exact) mass is 592 g/mol. The lowest BCUT2D eigenvalue weighted by atomic mass is 9.87. The highest BCUT2D eigenvalue weighted by Crippen LogP contribution is 2.44. The fourth-order valence-corrected chi connectivity index (χ4v) is 6.42. The third-order valence-corrected chi connectivity index (χ3v) is 8.60. The van der Waals surface area contributed by atoms with Crippen LogP contribution < -0.4 is 10.1 Å². The summed E-state index contributed by atoms with van der Waals surface area (Å²) in [5.41, 5.74) is -0.338. The first-order valence-electron chi connectivity index (χ1n) is 13.7. The van der Waals surface area contributed by atoms with E-state index >= 15 is 0 Å². The number of fused-ring (bicyclic) bond motifs is 1. The number of ether oxygens (including phenoxy) is 3. The molecule has 2 fully saturated rings. The smallest absolute Gasteiger partial charge is 0.408 e. The SMILES string of the molecule is CC(C)(C)OC(=O)NC1C(=O)N2CC(COc3ccc(F)cc3)(C(=O)OC(c3ccccc3)c3ccccc3)CS[C@H]12. The molecule has 10 heteroatoms. The average Bonchev–Trinajstić information content (AvgIpc) is 2.98. The molecule has 3 atom stereocenters. The van der Waals surface area contributed by atoms with Crippen molar-refractivity contribution in [3.05, 3.63) is 102 Å². The maximum absolute atomic E-state index is 14.1. The normalized spacial score (nSPS) is 21.6. The lowest BCUT2D eigenvalue weighted by Gasteiger charge is -2.53. The summed E-state index contributed by atoms with van der Waals surface area (Å²) in [4.78, 5) is 41.3. The minimum Gasteiger partial charge on any atom is -0.492 e. The van der Waals surface area contributed by atoms with E-state index in [2.05, 4.69) is 5.32 Å². The number of rotatable bonds is 8. The zero-order chi connectivity index (χ0) is 29.9. The van der Waals surface area contributed by atoms with E-state index in [9.17, 15) is 18.8 Å². The van der Waals surface area contributed by atoms with Crippen molar-refractivity contribution in [2.24, 2.45) is 5.41 Å². The molecular formula is C32H33FN2O6S. The van der Waals surface area contributed by atoms with E-state index in [0.717, 1.165) is 11.1 Å². The molecule has 0 aromatic heterocycles. The minimum absolute atomic E-state index is 0.0341. The largest absolute Gasteiger partial charge is 0.492 e. The van der Waals surface area contributed by atoms with Gasteiger partial charge in [-0.25, -0.2) is 9.18 Å². The number of benzene rings is 3. The van der Waals surface area contributed by atoms with Gasteiger partial charge in [-0.05, 0) is 56.2 Å². The number of esters is 1. The molecule has 3 aromatic rings. The number of alkyl carbamates (subject to hydrolysis) is 1. The number of thioether (sulfide) groups is 1. The lowest BCUT2D eigenvalue weighted by Crippen LogP contribution is -2.74. The van der Waals surface area contributed by atoms with Gasteiger partial charge in [-0.3, -0.25) is 9.59 Å². The zero-order valence-electron chi connectivity index (χ0n) is 23.6. The van der Waals surface area contributed by atoms with E-state index < -0.39 is 41.0 Å². The summed E-state index contributed by atoms with van der Waals surface area (Å²) in [6.45, 7) is 5.18. The Labute approximate surface area is 248 Å². The van der Waals surface area contributed by atoms with Gasteiger partial charge in [0.15, 0.2) is 6.10 Å². The summed E-state index contributed by atoms with van der Waals surface area (Å²) in [7, 11) is 0. The summed E-state index contributed by atoms with van der Waals surface area (Å²) in [6.07, 6.45) is -1.36. The molecule has 0 saturated carbocycles. The molecule has 0 bridgehead atoms. The second-order valence-electron chi connectivity index (χ2n) is 11.4. The molecule has 0 spiro atoms. The molecule has 42 heavy (non-hydrogen) atoms. The van der Waals surface area contributed by atoms with E-state index in [0.29, 0.717) is 5.75 Å². The predicted molar refractivity (Wildman–Crippen MR) is 156 cm³/mol. The number of hydrogen-bond donors (Lipinski definition) is 1. The second-order valence-corrected chi connectivity index (χ2v) is 12.5. The molecule has 8 nitrogen and oxygen atoms in total. The molecule has 2 saturated heterocycles. The molecule has 2 unspecified atom stereocenters. The number of hydrogen-bond acceptors (Lipinski definition) is 7. The lowest BCUT2D eigenvalue weighted by molar-refractivity contribution is -0.167. The first-order chi connectivity index (χ1) is 20.0. The van der Waals surface area contributed by atoms with E-state index in [1.54, 1.807) is 25.7 Å². The number of carbonyl (C=O) groups excluding carboxylic acids is 3. The van der Waals surface area contributed by atoms with Crippen molar-refractivity contribution in [3.63, 3.8) is 0 Å². The Hall–Kier alpha value is -4.05. The van der Waals surface area contributed by atoms with Crippen LogP contribution in [0.3, 0.4) is 0 Å². The molecule has 220 valence electrons. The van der Waals surface area contributed by atoms with Crippen molar-refractivity contribution < 1.29 is 33.0 Å². The minimum atomic E-state index is -1.23. The van der Waals surface area contributed by atoms with Gasteiger partial charge < -0.3 is 24.4 Å². The third-order valence-electron chi connectivity index (χ3n) is 7.01. The number of amides is 2. The van der Waals surface area contributed by atoms with Crippen LogP contribution in [0.1, 0.15) is 38.0 Å². The van der Waals surface area contributed by atoms with Crippen molar-refractivity contribution in [1.82, 2.24) is 10.2 Å². The van der Waals surface area contributed by atoms with Crippen molar-refractivity contribution in [2.45, 2.75) is 43.9 Å². The Morgan fingerprint density at radius 1 is 1.00 bits per heavy atom. The van der Waals surface area contributed by atoms with E-state index in [4.69, 9.17) is 14.2 Å². The third kappa shape index (κ3) is 6.54. The van der Waals surface area contributed by atoms with Crippen LogP contribution in [0, 0.1) is 11.2 Å². The first kappa shape index (κ1) is 29.4. The van der Waals surface area contributed by atoms with Gasteiger partial charge in [0, 0.05) is 12.3 Å². The average molecular weight is 593 g/mol. The van der Waals surface area contributed by atoms with Gasteiger partial charge in [0.05, 0.1) is 0 Å². The van der Waals surface area contributed by atoms with Crippen LogP contribution in [-0.2, 0) is 19.1 Å². The van der Waals surface area contributed by atoms with E-state index in [1.165, 1.54) is 36.0 Å². The second kappa shape index (κ2) is 12.1. The van der Waals surface area contributed by atoms with Gasteiger partial charge in [0.2, 0.25) is 5.91 Å². The molecule has 3 aromatic carbocycles. The molecule has 1 N–H and O–H groups in total. The first-order valence-corrected chi connectivity index (χ1v) is 14.7. The Balaban J connectivity index is 1.38. The summed E-state index contributed by atoms with van der Waals surface area (Å²) in [5.74, 6) is -0.595. The Kier molecular flexibility index (Phi) is 8.45. The maximum Gasteiger partial charge on any atom is 0.408 e. The molecule has 5 rings (SSSR count). The number of halogens is 1. The van der Waals surface area contributed by atoms with Crippen LogP contribution in [-0.4, -0.2) is 58.8 Å². The Bertz CT molecular complexity index is 1380. The number of nitrogens with one attached hydrogen (secondary N) is 1. The van der Waals surface area contributed by atoms with Crippen LogP contribution in [0.25, 0.3) is 0 Å². The standard InChI is InChI=1S/C32H33FN2O6S/c1-31(2,3)41-30(38)34-25-27(36)35-18-32(20-42-28(25)35,19-39-24-16-14-23(33)15-17-24)29(37)40-26(21-10-6-4-7-11-21)22-12-8-5-9-13-22/h4-17,25-26,28H,18-20H2,1-3H3,(H,34,38)/t25?,28-,32?/m1/s1. The van der Waals surface area contributed by atoms with Crippen molar-refractivity contribution in [1.29, 1.82) is 0 Å². The molecule has 2 amide bonds. The highest BCUT2D eigenvalue weighted by molar-refractivity contribution is 8.00. The Morgan fingerprint density at radius 3 is 2.17 bits per heavy atom. The van der Waals surface area contributed by atoms with Crippen molar-refractivity contribution >= 4 is 29.7 Å². The molecule has 2 aliphatic heterocycles. The number of carbonyl (C=O) groups is 3.